The summed E-state index contributed by atoms with van der Waals surface area (Å²) in [5.41, 5.74) is 5.77. The third-order valence-corrected chi connectivity index (χ3v) is 3.59. The van der Waals surface area contributed by atoms with Crippen molar-refractivity contribution >= 4 is 46.3 Å². The first kappa shape index (κ1) is 18.7. The summed E-state index contributed by atoms with van der Waals surface area (Å²) in [4.78, 5) is 3.11. The summed E-state index contributed by atoms with van der Waals surface area (Å²) in [6.45, 7) is 5.12. The van der Waals surface area contributed by atoms with Crippen LogP contribution in [0.5, 0.6) is 0 Å². The van der Waals surface area contributed by atoms with E-state index in [0.29, 0.717) is 15.7 Å². The predicted molar refractivity (Wildman–Crippen MR) is 85.5 cm³/mol. The SMILES string of the molecule is C=C(Nc1ccc(Cl)c(Cl)c1)/C(C)=C(/Cl)N=C(N)C(F)(F)F. The number of nitrogens with one attached hydrogen (secondary N) is 1. The Hall–Kier alpha value is -1.37. The summed E-state index contributed by atoms with van der Waals surface area (Å²) in [6, 6.07) is 4.71. The molecule has 0 aliphatic rings. The van der Waals surface area contributed by atoms with Crippen LogP contribution in [0.15, 0.2) is 46.2 Å². The largest absolute Gasteiger partial charge is 0.449 e. The van der Waals surface area contributed by atoms with Crippen LogP contribution in [0.2, 0.25) is 10.0 Å². The topological polar surface area (TPSA) is 50.4 Å². The molecule has 1 rings (SSSR count). The van der Waals surface area contributed by atoms with Gasteiger partial charge in [0.05, 0.1) is 10.0 Å². The minimum atomic E-state index is -4.75. The minimum absolute atomic E-state index is 0.194. The van der Waals surface area contributed by atoms with Crippen LogP contribution in [0.1, 0.15) is 6.92 Å². The highest BCUT2D eigenvalue weighted by atomic mass is 35.5. The van der Waals surface area contributed by atoms with E-state index < -0.39 is 17.2 Å². The molecule has 1 aromatic rings. The Bertz CT molecular complexity index is 652. The second-order valence-electron chi connectivity index (χ2n) is 4.14. The number of nitrogens with zero attached hydrogens (tertiary/aromatic N) is 1. The van der Waals surface area contributed by atoms with Gasteiger partial charge in [-0.3, -0.25) is 0 Å². The van der Waals surface area contributed by atoms with Crippen molar-refractivity contribution in [2.45, 2.75) is 13.1 Å². The van der Waals surface area contributed by atoms with Gasteiger partial charge in [-0.25, -0.2) is 4.99 Å². The van der Waals surface area contributed by atoms with E-state index in [1.807, 2.05) is 0 Å². The van der Waals surface area contributed by atoms with E-state index in [2.05, 4.69) is 16.9 Å². The Kier molecular flexibility index (Phi) is 6.17. The molecule has 0 aliphatic heterocycles. The summed E-state index contributed by atoms with van der Waals surface area (Å²) >= 11 is 17.3. The van der Waals surface area contributed by atoms with E-state index in [-0.39, 0.29) is 11.3 Å². The number of amidine groups is 1. The number of halogens is 6. The molecule has 3 nitrogen and oxygen atoms in total. The van der Waals surface area contributed by atoms with Gasteiger partial charge in [0, 0.05) is 17.0 Å². The quantitative estimate of drug-likeness (QED) is 0.326. The van der Waals surface area contributed by atoms with E-state index in [0.717, 1.165) is 0 Å². The lowest BCUT2D eigenvalue weighted by Crippen LogP contribution is -2.31. The molecule has 0 bridgehead atoms. The molecule has 22 heavy (non-hydrogen) atoms. The molecule has 0 spiro atoms. The number of alkyl halides is 3. The van der Waals surface area contributed by atoms with Gasteiger partial charge in [-0.15, -0.1) is 0 Å². The Morgan fingerprint density at radius 2 is 1.86 bits per heavy atom. The van der Waals surface area contributed by atoms with Gasteiger partial charge in [0.15, 0.2) is 0 Å². The lowest BCUT2D eigenvalue weighted by molar-refractivity contribution is -0.0598. The van der Waals surface area contributed by atoms with Crippen LogP contribution < -0.4 is 11.1 Å². The van der Waals surface area contributed by atoms with Gasteiger partial charge in [-0.1, -0.05) is 41.4 Å². The highest BCUT2D eigenvalue weighted by Crippen LogP contribution is 2.27. The molecule has 0 unspecified atom stereocenters. The summed E-state index contributed by atoms with van der Waals surface area (Å²) in [6.07, 6.45) is -4.75. The van der Waals surface area contributed by atoms with Crippen molar-refractivity contribution in [3.63, 3.8) is 0 Å². The number of hydrogen-bond acceptors (Lipinski definition) is 2. The lowest BCUT2D eigenvalue weighted by Gasteiger charge is -2.12. The average Bonchev–Trinajstić information content (AvgIpc) is 2.40. The second kappa shape index (κ2) is 7.26. The summed E-state index contributed by atoms with van der Waals surface area (Å²) < 4.78 is 36.9. The number of aliphatic imine (C=N–C) groups is 1. The maximum atomic E-state index is 12.3. The molecule has 9 heteroatoms. The third-order valence-electron chi connectivity index (χ3n) is 2.49. The molecule has 1 aromatic carbocycles. The zero-order chi connectivity index (χ0) is 17.1. The number of allylic oxidation sites excluding steroid dienone is 1. The fourth-order valence-corrected chi connectivity index (χ4v) is 1.72. The van der Waals surface area contributed by atoms with Crippen LogP contribution in [0.4, 0.5) is 18.9 Å². The summed E-state index contributed by atoms with van der Waals surface area (Å²) in [5, 5.41) is 3.09. The molecule has 120 valence electrons. The van der Waals surface area contributed by atoms with E-state index in [4.69, 9.17) is 40.5 Å². The van der Waals surface area contributed by atoms with E-state index in [1.165, 1.54) is 13.0 Å². The Morgan fingerprint density at radius 1 is 1.27 bits per heavy atom. The van der Waals surface area contributed by atoms with Gasteiger partial charge in [0.25, 0.3) is 0 Å². The minimum Gasteiger partial charge on any atom is -0.380 e. The smallest absolute Gasteiger partial charge is 0.380 e. The van der Waals surface area contributed by atoms with Gasteiger partial charge >= 0.3 is 6.18 Å². The number of hydrogen-bond donors (Lipinski definition) is 2. The molecule has 0 aliphatic carbocycles. The van der Waals surface area contributed by atoms with Crippen LogP contribution in [0.25, 0.3) is 0 Å². The average molecular weight is 373 g/mol. The van der Waals surface area contributed by atoms with Crippen molar-refractivity contribution < 1.29 is 13.2 Å². The van der Waals surface area contributed by atoms with Crippen molar-refractivity contribution in [2.75, 3.05) is 5.32 Å². The second-order valence-corrected chi connectivity index (χ2v) is 5.32. The highest BCUT2D eigenvalue weighted by molar-refractivity contribution is 6.42. The zero-order valence-corrected chi connectivity index (χ0v) is 13.5. The molecule has 0 amide bonds. The van der Waals surface area contributed by atoms with Crippen LogP contribution >= 0.6 is 34.8 Å². The first-order valence-corrected chi connectivity index (χ1v) is 6.85. The number of anilines is 1. The monoisotopic (exact) mass is 371 g/mol. The Morgan fingerprint density at radius 3 is 2.36 bits per heavy atom. The standard InChI is InChI=1S/C13H11Cl3F3N3/c1-6(11(16)22-12(20)13(17,18)19)7(2)21-8-3-4-9(14)10(15)5-8/h3-5,21H,2H2,1H3,(H2,20,22)/b11-6-. The normalized spacial score (nSPS) is 13.7. The predicted octanol–water partition coefficient (Wildman–Crippen LogP) is 5.31. The number of benzene rings is 1. The van der Waals surface area contributed by atoms with Gasteiger partial charge in [-0.05, 0) is 25.1 Å². The zero-order valence-electron chi connectivity index (χ0n) is 11.2. The molecule has 0 saturated heterocycles. The van der Waals surface area contributed by atoms with Gasteiger partial charge in [-0.2, -0.15) is 13.2 Å². The molecule has 0 heterocycles. The van der Waals surface area contributed by atoms with Gasteiger partial charge in [0.1, 0.15) is 5.16 Å². The molecule has 0 radical (unpaired) electrons. The number of rotatable bonds is 4. The fraction of sp³-hybridized carbons (Fsp3) is 0.154. The maximum Gasteiger partial charge on any atom is 0.449 e. The van der Waals surface area contributed by atoms with E-state index in [1.54, 1.807) is 12.1 Å². The molecular weight excluding hydrogens is 362 g/mol. The van der Waals surface area contributed by atoms with Crippen LogP contribution in [0, 0.1) is 0 Å². The van der Waals surface area contributed by atoms with E-state index in [9.17, 15) is 13.2 Å². The van der Waals surface area contributed by atoms with Crippen molar-refractivity contribution in [3.8, 4) is 0 Å². The molecule has 3 N–H and O–H groups in total. The first-order chi connectivity index (χ1) is 10.0. The molecular formula is C13H11Cl3F3N3. The van der Waals surface area contributed by atoms with Crippen molar-refractivity contribution in [2.24, 2.45) is 10.7 Å². The van der Waals surface area contributed by atoms with Crippen LogP contribution in [-0.2, 0) is 0 Å². The summed E-state index contributed by atoms with van der Waals surface area (Å²) in [7, 11) is 0. The highest BCUT2D eigenvalue weighted by Gasteiger charge is 2.33. The van der Waals surface area contributed by atoms with Gasteiger partial charge in [0.2, 0.25) is 5.84 Å². The van der Waals surface area contributed by atoms with E-state index >= 15 is 0 Å². The lowest BCUT2D eigenvalue weighted by atomic mass is 10.2. The van der Waals surface area contributed by atoms with Crippen LogP contribution in [0.3, 0.4) is 0 Å². The van der Waals surface area contributed by atoms with Crippen molar-refractivity contribution in [3.05, 3.63) is 51.2 Å². The maximum absolute atomic E-state index is 12.3. The number of nitrogens with two attached hydrogens (primary N) is 1. The molecule has 0 saturated carbocycles. The Labute approximate surface area is 140 Å². The first-order valence-electron chi connectivity index (χ1n) is 5.71. The fourth-order valence-electron chi connectivity index (χ4n) is 1.22. The van der Waals surface area contributed by atoms with Crippen molar-refractivity contribution in [1.82, 2.24) is 0 Å². The third kappa shape index (κ3) is 5.12. The summed E-state index contributed by atoms with van der Waals surface area (Å²) in [5.74, 6) is -1.54. The molecule has 0 fully saturated rings. The molecule has 0 atom stereocenters. The Balaban J connectivity index is 2.96. The van der Waals surface area contributed by atoms with Gasteiger partial charge < -0.3 is 11.1 Å². The molecule has 0 aromatic heterocycles. The van der Waals surface area contributed by atoms with Crippen LogP contribution in [-0.4, -0.2) is 12.0 Å². The van der Waals surface area contributed by atoms with Crippen molar-refractivity contribution in [1.29, 1.82) is 0 Å².